The third-order valence-electron chi connectivity index (χ3n) is 4.74. The average molecular weight is 338 g/mol. The number of nitrogens with one attached hydrogen (secondary N) is 1. The molecule has 2 aliphatic rings. The summed E-state index contributed by atoms with van der Waals surface area (Å²) < 4.78 is 1.08. The second-order valence-corrected chi connectivity index (χ2v) is 7.07. The molecule has 0 aromatic carbocycles. The van der Waals surface area contributed by atoms with Crippen molar-refractivity contribution in [2.75, 3.05) is 19.6 Å². The fourth-order valence-electron chi connectivity index (χ4n) is 3.72. The van der Waals surface area contributed by atoms with E-state index in [9.17, 15) is 0 Å². The molecule has 1 saturated heterocycles. The fourth-order valence-corrected chi connectivity index (χ4v) is 4.14. The Bertz CT molecular complexity index is 431. The normalized spacial score (nSPS) is 25.8. The highest BCUT2D eigenvalue weighted by atomic mass is 79.9. The third kappa shape index (κ3) is 3.60. The van der Waals surface area contributed by atoms with Gasteiger partial charge in [0, 0.05) is 49.1 Å². The SMILES string of the molecule is Brc1cncc(CN2CCNCC2C2CCCCC2)c1. The second kappa shape index (κ2) is 7.01. The second-order valence-electron chi connectivity index (χ2n) is 6.15. The van der Waals surface area contributed by atoms with Crippen LogP contribution in [0, 0.1) is 5.92 Å². The monoisotopic (exact) mass is 337 g/mol. The van der Waals surface area contributed by atoms with Crippen molar-refractivity contribution in [3.05, 3.63) is 28.5 Å². The van der Waals surface area contributed by atoms with Gasteiger partial charge in [-0.15, -0.1) is 0 Å². The number of aromatic nitrogens is 1. The van der Waals surface area contributed by atoms with Gasteiger partial charge in [-0.05, 0) is 46.3 Å². The summed E-state index contributed by atoms with van der Waals surface area (Å²) in [7, 11) is 0. The Morgan fingerprint density at radius 1 is 1.25 bits per heavy atom. The number of rotatable bonds is 3. The van der Waals surface area contributed by atoms with Crippen LogP contribution < -0.4 is 5.32 Å². The zero-order chi connectivity index (χ0) is 13.8. The molecule has 20 heavy (non-hydrogen) atoms. The van der Waals surface area contributed by atoms with E-state index in [0.29, 0.717) is 6.04 Å². The van der Waals surface area contributed by atoms with Crippen molar-refractivity contribution in [1.82, 2.24) is 15.2 Å². The number of hydrogen-bond acceptors (Lipinski definition) is 3. The highest BCUT2D eigenvalue weighted by Gasteiger charge is 2.30. The van der Waals surface area contributed by atoms with Crippen molar-refractivity contribution in [2.24, 2.45) is 5.92 Å². The van der Waals surface area contributed by atoms with E-state index in [1.807, 2.05) is 12.4 Å². The van der Waals surface area contributed by atoms with Crippen molar-refractivity contribution in [3.8, 4) is 0 Å². The van der Waals surface area contributed by atoms with Gasteiger partial charge in [-0.3, -0.25) is 9.88 Å². The Morgan fingerprint density at radius 2 is 2.10 bits per heavy atom. The van der Waals surface area contributed by atoms with Gasteiger partial charge in [-0.2, -0.15) is 0 Å². The van der Waals surface area contributed by atoms with Crippen molar-refractivity contribution in [3.63, 3.8) is 0 Å². The van der Waals surface area contributed by atoms with Gasteiger partial charge in [0.2, 0.25) is 0 Å². The van der Waals surface area contributed by atoms with Crippen LogP contribution in [0.25, 0.3) is 0 Å². The quantitative estimate of drug-likeness (QED) is 0.917. The van der Waals surface area contributed by atoms with E-state index in [2.05, 4.69) is 37.2 Å². The Kier molecular flexibility index (Phi) is 5.08. The van der Waals surface area contributed by atoms with E-state index in [-0.39, 0.29) is 0 Å². The van der Waals surface area contributed by atoms with Gasteiger partial charge in [0.25, 0.3) is 0 Å². The van der Waals surface area contributed by atoms with E-state index < -0.39 is 0 Å². The molecule has 3 nitrogen and oxygen atoms in total. The molecule has 1 unspecified atom stereocenters. The molecule has 1 aliphatic heterocycles. The highest BCUT2D eigenvalue weighted by Crippen LogP contribution is 2.30. The van der Waals surface area contributed by atoms with Gasteiger partial charge in [0.05, 0.1) is 0 Å². The number of hydrogen-bond donors (Lipinski definition) is 1. The molecule has 0 amide bonds. The maximum absolute atomic E-state index is 4.30. The molecule has 2 fully saturated rings. The molecule has 1 aliphatic carbocycles. The van der Waals surface area contributed by atoms with E-state index in [1.165, 1.54) is 37.7 Å². The zero-order valence-electron chi connectivity index (χ0n) is 12.0. The van der Waals surface area contributed by atoms with Gasteiger partial charge >= 0.3 is 0 Å². The van der Waals surface area contributed by atoms with E-state index >= 15 is 0 Å². The average Bonchev–Trinajstić information content (AvgIpc) is 2.49. The number of halogens is 1. The van der Waals surface area contributed by atoms with Crippen molar-refractivity contribution in [1.29, 1.82) is 0 Å². The molecule has 1 saturated carbocycles. The summed E-state index contributed by atoms with van der Waals surface area (Å²) in [6.45, 7) is 4.47. The van der Waals surface area contributed by atoms with Gasteiger partial charge in [-0.25, -0.2) is 0 Å². The predicted octanol–water partition coefficient (Wildman–Crippen LogP) is 3.20. The first-order chi connectivity index (χ1) is 9.83. The zero-order valence-corrected chi connectivity index (χ0v) is 13.6. The summed E-state index contributed by atoms with van der Waals surface area (Å²) in [5.41, 5.74) is 1.32. The molecule has 1 N–H and O–H groups in total. The van der Waals surface area contributed by atoms with Crippen LogP contribution in [-0.4, -0.2) is 35.6 Å². The molecule has 3 rings (SSSR count). The largest absolute Gasteiger partial charge is 0.314 e. The summed E-state index contributed by atoms with van der Waals surface area (Å²) in [6.07, 6.45) is 11.0. The molecule has 110 valence electrons. The maximum atomic E-state index is 4.30. The molecule has 0 radical (unpaired) electrons. The molecule has 0 spiro atoms. The highest BCUT2D eigenvalue weighted by molar-refractivity contribution is 9.10. The minimum atomic E-state index is 0.711. The third-order valence-corrected chi connectivity index (χ3v) is 5.17. The van der Waals surface area contributed by atoms with E-state index in [0.717, 1.165) is 36.6 Å². The molecule has 1 atom stereocenters. The van der Waals surface area contributed by atoms with Crippen LogP contribution in [0.2, 0.25) is 0 Å². The van der Waals surface area contributed by atoms with Crippen LogP contribution in [0.3, 0.4) is 0 Å². The molecule has 1 aromatic heterocycles. The first-order valence-corrected chi connectivity index (χ1v) is 8.66. The number of nitrogens with zero attached hydrogens (tertiary/aromatic N) is 2. The minimum absolute atomic E-state index is 0.711. The molecular weight excluding hydrogens is 314 g/mol. The topological polar surface area (TPSA) is 28.2 Å². The Balaban J connectivity index is 1.68. The van der Waals surface area contributed by atoms with Gasteiger partial charge in [-0.1, -0.05) is 19.3 Å². The smallest absolute Gasteiger partial charge is 0.0410 e. The Morgan fingerprint density at radius 3 is 2.90 bits per heavy atom. The van der Waals surface area contributed by atoms with Gasteiger partial charge in [0.1, 0.15) is 0 Å². The fraction of sp³-hybridized carbons (Fsp3) is 0.688. The van der Waals surface area contributed by atoms with Crippen LogP contribution in [0.5, 0.6) is 0 Å². The minimum Gasteiger partial charge on any atom is -0.314 e. The lowest BCUT2D eigenvalue weighted by atomic mass is 9.82. The van der Waals surface area contributed by atoms with Crippen molar-refractivity contribution >= 4 is 15.9 Å². The van der Waals surface area contributed by atoms with Crippen LogP contribution in [-0.2, 0) is 6.54 Å². The van der Waals surface area contributed by atoms with Crippen molar-refractivity contribution in [2.45, 2.75) is 44.7 Å². The van der Waals surface area contributed by atoms with Crippen LogP contribution in [0.15, 0.2) is 22.9 Å². The number of piperazine rings is 1. The van der Waals surface area contributed by atoms with Crippen LogP contribution in [0.1, 0.15) is 37.7 Å². The van der Waals surface area contributed by atoms with Crippen molar-refractivity contribution < 1.29 is 0 Å². The summed E-state index contributed by atoms with van der Waals surface area (Å²) in [6, 6.07) is 2.91. The summed E-state index contributed by atoms with van der Waals surface area (Å²) >= 11 is 3.53. The molecule has 2 heterocycles. The van der Waals surface area contributed by atoms with E-state index in [1.54, 1.807) is 0 Å². The van der Waals surface area contributed by atoms with Gasteiger partial charge in [0.15, 0.2) is 0 Å². The lowest BCUT2D eigenvalue weighted by Gasteiger charge is -2.42. The summed E-state index contributed by atoms with van der Waals surface area (Å²) in [5, 5.41) is 3.59. The Hall–Kier alpha value is -0.450. The molecular formula is C16H24BrN3. The van der Waals surface area contributed by atoms with Crippen LogP contribution in [0.4, 0.5) is 0 Å². The first-order valence-electron chi connectivity index (χ1n) is 7.87. The lowest BCUT2D eigenvalue weighted by molar-refractivity contribution is 0.0859. The Labute approximate surface area is 130 Å². The maximum Gasteiger partial charge on any atom is 0.0410 e. The first kappa shape index (κ1) is 14.5. The number of pyridine rings is 1. The molecule has 1 aromatic rings. The van der Waals surface area contributed by atoms with E-state index in [4.69, 9.17) is 0 Å². The summed E-state index contributed by atoms with van der Waals surface area (Å²) in [5.74, 6) is 0.886. The molecule has 0 bridgehead atoms. The predicted molar refractivity (Wildman–Crippen MR) is 85.6 cm³/mol. The van der Waals surface area contributed by atoms with Crippen LogP contribution >= 0.6 is 15.9 Å². The lowest BCUT2D eigenvalue weighted by Crippen LogP contribution is -2.54. The standard InChI is InChI=1S/C16H24BrN3/c17-15-8-13(9-19-10-15)12-20-7-6-18-11-16(20)14-4-2-1-3-5-14/h8-10,14,16,18H,1-7,11-12H2. The van der Waals surface area contributed by atoms with Gasteiger partial charge < -0.3 is 5.32 Å². The summed E-state index contributed by atoms with van der Waals surface area (Å²) in [4.78, 5) is 6.97. The molecule has 4 heteroatoms.